The molecule has 0 unspecified atom stereocenters. The summed E-state index contributed by atoms with van der Waals surface area (Å²) in [5.74, 6) is 0.913. The largest absolute Gasteiger partial charge is 0.345 e. The molecule has 1 fully saturated rings. The molecule has 3 aromatic heterocycles. The fourth-order valence-corrected chi connectivity index (χ4v) is 4.56. The molecule has 186 valence electrons. The zero-order valence-corrected chi connectivity index (χ0v) is 21.3. The first-order valence-electron chi connectivity index (χ1n) is 12.1. The van der Waals surface area contributed by atoms with Crippen molar-refractivity contribution in [3.8, 4) is 17.1 Å². The summed E-state index contributed by atoms with van der Waals surface area (Å²) in [4.78, 5) is 23.2. The molecule has 0 radical (unpaired) electrons. The van der Waals surface area contributed by atoms with E-state index in [2.05, 4.69) is 26.7 Å². The topological polar surface area (TPSA) is 81.7 Å². The quantitative estimate of drug-likeness (QED) is 0.388. The third-order valence-electron chi connectivity index (χ3n) is 6.75. The maximum absolute atomic E-state index is 13.5. The molecule has 1 aromatic carbocycles. The van der Waals surface area contributed by atoms with E-state index in [1.807, 2.05) is 19.9 Å². The Morgan fingerprint density at radius 2 is 1.81 bits per heavy atom. The van der Waals surface area contributed by atoms with Crippen LogP contribution < -0.4 is 0 Å². The lowest BCUT2D eigenvalue weighted by atomic mass is 10.0. The molecule has 0 aliphatic heterocycles. The van der Waals surface area contributed by atoms with E-state index in [9.17, 15) is 9.18 Å². The highest BCUT2D eigenvalue weighted by atomic mass is 19.1. The van der Waals surface area contributed by atoms with Crippen molar-refractivity contribution in [1.82, 2.24) is 34.4 Å². The Bertz CT molecular complexity index is 1430. The molecule has 0 atom stereocenters. The smallest absolute Gasteiger partial charge is 0.257 e. The zero-order chi connectivity index (χ0) is 25.6. The van der Waals surface area contributed by atoms with Crippen molar-refractivity contribution >= 4 is 5.91 Å². The number of aromatic nitrogens is 6. The first-order valence-corrected chi connectivity index (χ1v) is 12.1. The number of rotatable bonds is 7. The van der Waals surface area contributed by atoms with Gasteiger partial charge in [0.05, 0.1) is 28.3 Å². The van der Waals surface area contributed by atoms with Crippen molar-refractivity contribution < 1.29 is 9.18 Å². The van der Waals surface area contributed by atoms with Crippen LogP contribution in [-0.4, -0.2) is 54.4 Å². The summed E-state index contributed by atoms with van der Waals surface area (Å²) in [6, 6.07) is 8.39. The van der Waals surface area contributed by atoms with Gasteiger partial charge in [0.25, 0.3) is 5.91 Å². The average Bonchev–Trinajstić information content (AvgIpc) is 3.56. The number of nitrogens with zero attached hydrogens (tertiary/aromatic N) is 7. The van der Waals surface area contributed by atoms with Gasteiger partial charge in [0.2, 0.25) is 0 Å². The van der Waals surface area contributed by atoms with E-state index in [0.717, 1.165) is 40.4 Å². The summed E-state index contributed by atoms with van der Waals surface area (Å²) in [7, 11) is 3.46. The van der Waals surface area contributed by atoms with Gasteiger partial charge in [-0.15, -0.1) is 0 Å². The summed E-state index contributed by atoms with van der Waals surface area (Å²) in [5, 5.41) is 9.52. The molecule has 36 heavy (non-hydrogen) atoms. The lowest BCUT2D eigenvalue weighted by molar-refractivity contribution is 0.0826. The van der Waals surface area contributed by atoms with Crippen LogP contribution in [0.5, 0.6) is 0 Å². The van der Waals surface area contributed by atoms with E-state index in [1.54, 1.807) is 35.8 Å². The molecule has 4 aromatic rings. The highest BCUT2D eigenvalue weighted by Gasteiger charge is 2.26. The number of amides is 1. The number of aryl methyl sites for hydroxylation is 1. The first-order chi connectivity index (χ1) is 17.2. The number of carbonyl (C=O) groups is 1. The molecule has 9 heteroatoms. The van der Waals surface area contributed by atoms with Gasteiger partial charge in [-0.05, 0) is 69.4 Å². The average molecular weight is 488 g/mol. The van der Waals surface area contributed by atoms with Crippen LogP contribution in [0.3, 0.4) is 0 Å². The predicted octanol–water partition coefficient (Wildman–Crippen LogP) is 4.29. The number of halogens is 1. The lowest BCUT2D eigenvalue weighted by Crippen LogP contribution is -2.23. The van der Waals surface area contributed by atoms with Crippen molar-refractivity contribution in [1.29, 1.82) is 0 Å². The van der Waals surface area contributed by atoms with Gasteiger partial charge < -0.3 is 4.90 Å². The second-order valence-electron chi connectivity index (χ2n) is 9.75. The van der Waals surface area contributed by atoms with Crippen LogP contribution in [0, 0.1) is 32.5 Å². The number of carbonyl (C=O) groups excluding carboxylic acids is 1. The fraction of sp³-hybridized carbons (Fsp3) is 0.370. The minimum atomic E-state index is -0.262. The molecule has 8 nitrogen and oxygen atoms in total. The highest BCUT2D eigenvalue weighted by Crippen LogP contribution is 2.33. The molecule has 0 saturated heterocycles. The number of hydrogen-bond acceptors (Lipinski definition) is 5. The van der Waals surface area contributed by atoms with Crippen LogP contribution in [0.4, 0.5) is 4.39 Å². The monoisotopic (exact) mass is 487 g/mol. The summed E-state index contributed by atoms with van der Waals surface area (Å²) in [5.41, 5.74) is 6.73. The Kier molecular flexibility index (Phi) is 6.15. The van der Waals surface area contributed by atoms with Crippen molar-refractivity contribution in [2.45, 2.75) is 46.6 Å². The predicted molar refractivity (Wildman–Crippen MR) is 135 cm³/mol. The third-order valence-corrected chi connectivity index (χ3v) is 6.75. The van der Waals surface area contributed by atoms with Crippen LogP contribution in [0.15, 0.2) is 36.7 Å². The molecular formula is C27H30FN7O. The molecule has 0 spiro atoms. The second-order valence-corrected chi connectivity index (χ2v) is 9.75. The maximum Gasteiger partial charge on any atom is 0.257 e. The van der Waals surface area contributed by atoms with Gasteiger partial charge in [0.15, 0.2) is 5.82 Å². The van der Waals surface area contributed by atoms with E-state index in [4.69, 9.17) is 5.10 Å². The summed E-state index contributed by atoms with van der Waals surface area (Å²) in [6.07, 6.45) is 4.54. The van der Waals surface area contributed by atoms with Crippen LogP contribution in [-0.2, 0) is 13.0 Å². The zero-order valence-electron chi connectivity index (χ0n) is 21.3. The van der Waals surface area contributed by atoms with Gasteiger partial charge in [0.1, 0.15) is 12.1 Å². The molecule has 1 saturated carbocycles. The Hall–Kier alpha value is -3.88. The summed E-state index contributed by atoms with van der Waals surface area (Å²) >= 11 is 0. The molecule has 0 bridgehead atoms. The van der Waals surface area contributed by atoms with Gasteiger partial charge in [-0.3, -0.25) is 9.48 Å². The molecule has 3 heterocycles. The fourth-order valence-electron chi connectivity index (χ4n) is 4.56. The van der Waals surface area contributed by atoms with Crippen LogP contribution >= 0.6 is 0 Å². The Balaban J connectivity index is 1.50. The SMILES string of the molecule is Cc1nn(-c2cc(Cc3c(C)c(-c4ccc(F)cc4)nn3CC3CC3)ncn2)c(C)c1C(=O)N(C)C. The maximum atomic E-state index is 13.5. The standard InChI is InChI=1S/C27H30FN7O/c1-16-23(34(14-19-6-7-19)32-26(16)20-8-10-21(28)11-9-20)12-22-13-24(30-15-29-22)35-18(3)25(17(2)31-35)27(36)33(4)5/h8-11,13,15,19H,6-7,12,14H2,1-5H3. The molecule has 0 N–H and O–H groups in total. The van der Waals surface area contributed by atoms with Gasteiger partial charge in [0, 0.05) is 44.4 Å². The third kappa shape index (κ3) is 4.53. The van der Waals surface area contributed by atoms with E-state index in [0.29, 0.717) is 29.4 Å². The van der Waals surface area contributed by atoms with Gasteiger partial charge in [-0.2, -0.15) is 10.2 Å². The lowest BCUT2D eigenvalue weighted by Gasteiger charge is -2.11. The minimum Gasteiger partial charge on any atom is -0.345 e. The molecule has 1 aliphatic rings. The van der Waals surface area contributed by atoms with E-state index >= 15 is 0 Å². The van der Waals surface area contributed by atoms with E-state index in [-0.39, 0.29) is 11.7 Å². The Labute approximate surface area is 209 Å². The number of hydrogen-bond donors (Lipinski definition) is 0. The minimum absolute atomic E-state index is 0.0848. The van der Waals surface area contributed by atoms with Gasteiger partial charge >= 0.3 is 0 Å². The molecule has 5 rings (SSSR count). The Morgan fingerprint density at radius 3 is 2.47 bits per heavy atom. The Morgan fingerprint density at radius 1 is 1.08 bits per heavy atom. The summed E-state index contributed by atoms with van der Waals surface area (Å²) < 4.78 is 17.3. The second kappa shape index (κ2) is 9.29. The molecule has 1 aliphatic carbocycles. The van der Waals surface area contributed by atoms with E-state index in [1.165, 1.54) is 31.3 Å². The van der Waals surface area contributed by atoms with Gasteiger partial charge in [-0.1, -0.05) is 0 Å². The van der Waals surface area contributed by atoms with Crippen molar-refractivity contribution in [2.75, 3.05) is 14.1 Å². The highest BCUT2D eigenvalue weighted by molar-refractivity contribution is 5.96. The van der Waals surface area contributed by atoms with E-state index < -0.39 is 0 Å². The van der Waals surface area contributed by atoms with Crippen LogP contribution in [0.2, 0.25) is 0 Å². The van der Waals surface area contributed by atoms with Gasteiger partial charge in [-0.25, -0.2) is 19.0 Å². The van der Waals surface area contributed by atoms with Crippen LogP contribution in [0.1, 0.15) is 51.5 Å². The molecule has 1 amide bonds. The first kappa shape index (κ1) is 23.8. The van der Waals surface area contributed by atoms with Crippen molar-refractivity contribution in [2.24, 2.45) is 5.92 Å². The van der Waals surface area contributed by atoms with Crippen LogP contribution in [0.25, 0.3) is 17.1 Å². The summed E-state index contributed by atoms with van der Waals surface area (Å²) in [6.45, 7) is 6.64. The molecular weight excluding hydrogens is 457 g/mol. The van der Waals surface area contributed by atoms with Crippen molar-refractivity contribution in [3.05, 3.63) is 76.4 Å². The number of benzene rings is 1. The normalized spacial score (nSPS) is 13.3. The van der Waals surface area contributed by atoms with Crippen molar-refractivity contribution in [3.63, 3.8) is 0 Å².